The van der Waals surface area contributed by atoms with Crippen LogP contribution in [0.4, 0.5) is 27.5 Å². The van der Waals surface area contributed by atoms with Gasteiger partial charge in [0.05, 0.1) is 26.3 Å². The first-order valence-electron chi connectivity index (χ1n) is 10.3. The first-order chi connectivity index (χ1) is 16.8. The lowest BCUT2D eigenvalue weighted by atomic mass is 10.1. The van der Waals surface area contributed by atoms with Gasteiger partial charge in [0.15, 0.2) is 5.75 Å². The summed E-state index contributed by atoms with van der Waals surface area (Å²) in [5.41, 5.74) is 1.16. The molecule has 182 valence electrons. The zero-order valence-corrected chi connectivity index (χ0v) is 19.5. The molecule has 0 bridgehead atoms. The lowest BCUT2D eigenvalue weighted by Crippen LogP contribution is -2.20. The number of aryl methyl sites for hydroxylation is 1. The van der Waals surface area contributed by atoms with E-state index in [9.17, 15) is 19.7 Å². The number of carbonyl (C=O) groups excluding carboxylic acids is 2. The summed E-state index contributed by atoms with van der Waals surface area (Å²) in [6, 6.07) is 14.5. The first-order valence-corrected chi connectivity index (χ1v) is 10.3. The summed E-state index contributed by atoms with van der Waals surface area (Å²) in [4.78, 5) is 36.5. The van der Waals surface area contributed by atoms with Crippen molar-refractivity contribution in [3.05, 3.63) is 75.8 Å². The number of ether oxygens (including phenoxy) is 3. The van der Waals surface area contributed by atoms with Gasteiger partial charge in [-0.05, 0) is 36.8 Å². The maximum absolute atomic E-state index is 13.1. The van der Waals surface area contributed by atoms with Crippen LogP contribution in [-0.4, -0.2) is 38.2 Å². The Labute approximate surface area is 201 Å². The fraction of sp³-hybridized carbons (Fsp3) is 0.167. The molecular formula is C24H24N4O7. The van der Waals surface area contributed by atoms with Gasteiger partial charge in [-0.2, -0.15) is 0 Å². The van der Waals surface area contributed by atoms with Crippen LogP contribution >= 0.6 is 0 Å². The van der Waals surface area contributed by atoms with Crippen LogP contribution in [0.25, 0.3) is 0 Å². The van der Waals surface area contributed by atoms with E-state index in [1.165, 1.54) is 27.4 Å². The monoisotopic (exact) mass is 480 g/mol. The maximum atomic E-state index is 13.1. The van der Waals surface area contributed by atoms with Crippen molar-refractivity contribution in [3.8, 4) is 17.2 Å². The van der Waals surface area contributed by atoms with Crippen molar-refractivity contribution in [2.24, 2.45) is 0 Å². The third kappa shape index (κ3) is 5.58. The lowest BCUT2D eigenvalue weighted by molar-refractivity contribution is -0.386. The molecule has 0 saturated carbocycles. The molecule has 0 aliphatic rings. The molecule has 0 fully saturated rings. The molecule has 3 rings (SSSR count). The van der Waals surface area contributed by atoms with Gasteiger partial charge < -0.3 is 30.2 Å². The van der Waals surface area contributed by atoms with Gasteiger partial charge in [0.25, 0.3) is 5.91 Å². The van der Waals surface area contributed by atoms with Gasteiger partial charge in [-0.1, -0.05) is 24.3 Å². The number of nitro groups is 1. The highest BCUT2D eigenvalue weighted by Crippen LogP contribution is 2.46. The molecule has 0 aliphatic carbocycles. The van der Waals surface area contributed by atoms with Crippen LogP contribution in [0.2, 0.25) is 0 Å². The Morgan fingerprint density at radius 1 is 0.829 bits per heavy atom. The number of amides is 3. The number of rotatable bonds is 8. The highest BCUT2D eigenvalue weighted by Gasteiger charge is 2.32. The average Bonchev–Trinajstić information content (AvgIpc) is 2.84. The number of benzene rings is 3. The van der Waals surface area contributed by atoms with Gasteiger partial charge in [-0.3, -0.25) is 14.9 Å². The number of nitrogens with one attached hydrogen (secondary N) is 3. The molecule has 0 spiro atoms. The Kier molecular flexibility index (Phi) is 7.72. The number of anilines is 3. The fourth-order valence-corrected chi connectivity index (χ4v) is 3.33. The van der Waals surface area contributed by atoms with E-state index < -0.39 is 22.5 Å². The Morgan fingerprint density at radius 3 is 2.09 bits per heavy atom. The number of urea groups is 1. The van der Waals surface area contributed by atoms with Crippen LogP contribution in [0.3, 0.4) is 0 Å². The normalized spacial score (nSPS) is 10.2. The Hall–Kier alpha value is -4.80. The summed E-state index contributed by atoms with van der Waals surface area (Å²) in [5, 5.41) is 19.9. The highest BCUT2D eigenvalue weighted by atomic mass is 16.6. The Balaban J connectivity index is 1.90. The van der Waals surface area contributed by atoms with Gasteiger partial charge in [0.2, 0.25) is 11.5 Å². The second-order valence-electron chi connectivity index (χ2n) is 7.23. The minimum Gasteiger partial charge on any atom is -0.493 e. The molecule has 11 heteroatoms. The summed E-state index contributed by atoms with van der Waals surface area (Å²) >= 11 is 0. The van der Waals surface area contributed by atoms with E-state index in [2.05, 4.69) is 16.0 Å². The van der Waals surface area contributed by atoms with Gasteiger partial charge >= 0.3 is 11.7 Å². The van der Waals surface area contributed by atoms with Crippen molar-refractivity contribution in [2.45, 2.75) is 6.92 Å². The van der Waals surface area contributed by atoms with E-state index in [1.807, 2.05) is 6.07 Å². The number of carbonyl (C=O) groups is 2. The Bertz CT molecular complexity index is 1260. The zero-order valence-electron chi connectivity index (χ0n) is 19.5. The van der Waals surface area contributed by atoms with Crippen molar-refractivity contribution < 1.29 is 28.7 Å². The van der Waals surface area contributed by atoms with Crippen molar-refractivity contribution in [3.63, 3.8) is 0 Å². The van der Waals surface area contributed by atoms with Crippen molar-refractivity contribution in [1.29, 1.82) is 0 Å². The predicted octanol–water partition coefficient (Wildman–Crippen LogP) is 4.83. The van der Waals surface area contributed by atoms with Crippen molar-refractivity contribution >= 4 is 34.7 Å². The predicted molar refractivity (Wildman–Crippen MR) is 131 cm³/mol. The minimum atomic E-state index is -0.773. The minimum absolute atomic E-state index is 0.00921. The van der Waals surface area contributed by atoms with E-state index in [0.29, 0.717) is 22.6 Å². The topological polar surface area (TPSA) is 141 Å². The second-order valence-corrected chi connectivity index (χ2v) is 7.23. The van der Waals surface area contributed by atoms with Crippen LogP contribution in [0.5, 0.6) is 17.2 Å². The standard InChI is InChI=1S/C24H24N4O7/c1-14-10-11-16(26-24(30)25-15-8-6-5-7-9-15)12-18(14)27-23(29)17-13-19(33-2)21(34-3)22(35-4)20(17)28(31)32/h5-13H,1-4H3,(H,27,29)(H2,25,26,30). The van der Waals surface area contributed by atoms with Gasteiger partial charge in [-0.15, -0.1) is 0 Å². The summed E-state index contributed by atoms with van der Waals surface area (Å²) < 4.78 is 15.6. The van der Waals surface area contributed by atoms with E-state index in [1.54, 1.807) is 49.4 Å². The Morgan fingerprint density at radius 2 is 1.49 bits per heavy atom. The molecule has 0 saturated heterocycles. The quantitative estimate of drug-likeness (QED) is 0.310. The van der Waals surface area contributed by atoms with E-state index in [4.69, 9.17) is 14.2 Å². The molecule has 0 aromatic heterocycles. The van der Waals surface area contributed by atoms with E-state index in [0.717, 1.165) is 0 Å². The summed E-state index contributed by atoms with van der Waals surface area (Å²) in [7, 11) is 3.87. The fourth-order valence-electron chi connectivity index (χ4n) is 3.33. The number of nitro benzene ring substituents is 1. The zero-order chi connectivity index (χ0) is 25.5. The molecule has 0 unspecified atom stereocenters. The summed E-state index contributed by atoms with van der Waals surface area (Å²) in [6.07, 6.45) is 0. The summed E-state index contributed by atoms with van der Waals surface area (Å²) in [5.74, 6) is -0.938. The van der Waals surface area contributed by atoms with Crippen LogP contribution in [0.15, 0.2) is 54.6 Å². The number of methoxy groups -OCH3 is 3. The molecule has 0 atom stereocenters. The van der Waals surface area contributed by atoms with E-state index >= 15 is 0 Å². The third-order valence-electron chi connectivity index (χ3n) is 5.01. The van der Waals surface area contributed by atoms with Crippen LogP contribution < -0.4 is 30.2 Å². The number of hydrogen-bond donors (Lipinski definition) is 3. The van der Waals surface area contributed by atoms with Crippen molar-refractivity contribution in [1.82, 2.24) is 0 Å². The molecule has 35 heavy (non-hydrogen) atoms. The second kappa shape index (κ2) is 10.9. The molecule has 0 aliphatic heterocycles. The van der Waals surface area contributed by atoms with Crippen molar-refractivity contribution in [2.75, 3.05) is 37.3 Å². The largest absolute Gasteiger partial charge is 0.493 e. The first kappa shape index (κ1) is 24.8. The molecule has 3 aromatic carbocycles. The molecular weight excluding hydrogens is 456 g/mol. The maximum Gasteiger partial charge on any atom is 0.327 e. The number of nitrogens with zero attached hydrogens (tertiary/aromatic N) is 1. The van der Waals surface area contributed by atoms with E-state index in [-0.39, 0.29) is 22.8 Å². The van der Waals surface area contributed by atoms with Crippen LogP contribution in [-0.2, 0) is 0 Å². The molecule has 0 heterocycles. The van der Waals surface area contributed by atoms with Crippen LogP contribution in [0, 0.1) is 17.0 Å². The van der Waals surface area contributed by atoms with Crippen LogP contribution in [0.1, 0.15) is 15.9 Å². The summed E-state index contributed by atoms with van der Waals surface area (Å²) in [6.45, 7) is 1.74. The van der Waals surface area contributed by atoms with Gasteiger partial charge in [-0.25, -0.2) is 4.79 Å². The van der Waals surface area contributed by atoms with Gasteiger partial charge in [0.1, 0.15) is 5.56 Å². The molecule has 3 N–H and O–H groups in total. The third-order valence-corrected chi connectivity index (χ3v) is 5.01. The highest BCUT2D eigenvalue weighted by molar-refractivity contribution is 6.09. The molecule has 11 nitrogen and oxygen atoms in total. The number of hydrogen-bond acceptors (Lipinski definition) is 7. The molecule has 3 amide bonds. The lowest BCUT2D eigenvalue weighted by Gasteiger charge is -2.16. The molecule has 3 aromatic rings. The number of para-hydroxylation sites is 1. The molecule has 0 radical (unpaired) electrons. The SMILES string of the molecule is COc1cc(C(=O)Nc2cc(NC(=O)Nc3ccccc3)ccc2C)c([N+](=O)[O-])c(OC)c1OC. The smallest absolute Gasteiger partial charge is 0.327 e. The average molecular weight is 480 g/mol. The van der Waals surface area contributed by atoms with Gasteiger partial charge in [0, 0.05) is 23.1 Å².